The van der Waals surface area contributed by atoms with Gasteiger partial charge in [-0.3, -0.25) is 4.79 Å². The van der Waals surface area contributed by atoms with E-state index in [0.29, 0.717) is 6.54 Å². The van der Waals surface area contributed by atoms with E-state index >= 15 is 0 Å². The summed E-state index contributed by atoms with van der Waals surface area (Å²) in [5.74, 6) is 1.95. The lowest BCUT2D eigenvalue weighted by Gasteiger charge is -2.26. The summed E-state index contributed by atoms with van der Waals surface area (Å²) in [6.45, 7) is 1.31. The Morgan fingerprint density at radius 1 is 1.50 bits per heavy atom. The first-order valence-electron chi connectivity index (χ1n) is 6.01. The van der Waals surface area contributed by atoms with E-state index in [9.17, 15) is 9.90 Å². The molecule has 1 aliphatic carbocycles. The number of amides is 1. The smallest absolute Gasteiger partial charge is 0.238 e. The Hall–Kier alpha value is -0.260. The molecule has 16 heavy (non-hydrogen) atoms. The van der Waals surface area contributed by atoms with Crippen molar-refractivity contribution in [3.05, 3.63) is 0 Å². The number of carbonyl (C=O) groups excluding carboxylic acids is 1. The normalized spacial score (nSPS) is 28.9. The highest BCUT2D eigenvalue weighted by molar-refractivity contribution is 7.99. The number of carbonyl (C=O) groups is 1. The Balaban J connectivity index is 1.74. The molecule has 1 saturated carbocycles. The zero-order valence-electron chi connectivity index (χ0n) is 9.50. The predicted octanol–water partition coefficient (Wildman–Crippen LogP) is 0.113. The van der Waals surface area contributed by atoms with Crippen LogP contribution in [0.2, 0.25) is 0 Å². The third-order valence-electron chi connectivity index (χ3n) is 3.36. The predicted molar refractivity (Wildman–Crippen MR) is 65.5 cm³/mol. The molecule has 1 aliphatic heterocycles. The number of rotatable bonds is 3. The van der Waals surface area contributed by atoms with Gasteiger partial charge in [0.2, 0.25) is 5.91 Å². The van der Waals surface area contributed by atoms with Gasteiger partial charge in [0.25, 0.3) is 0 Å². The van der Waals surface area contributed by atoms with E-state index in [-0.39, 0.29) is 11.9 Å². The van der Waals surface area contributed by atoms with Crippen LogP contribution in [0.25, 0.3) is 0 Å². The van der Waals surface area contributed by atoms with Gasteiger partial charge in [-0.15, -0.1) is 0 Å². The molecule has 3 N–H and O–H groups in total. The fraction of sp³-hybridized carbons (Fsp3) is 0.909. The fourth-order valence-electron chi connectivity index (χ4n) is 2.32. The molecule has 0 radical (unpaired) electrons. The maximum absolute atomic E-state index is 11.8. The van der Waals surface area contributed by atoms with Crippen molar-refractivity contribution in [2.75, 3.05) is 24.6 Å². The maximum atomic E-state index is 11.8. The van der Waals surface area contributed by atoms with Gasteiger partial charge in [-0.05, 0) is 12.8 Å². The van der Waals surface area contributed by atoms with Crippen LogP contribution in [-0.2, 0) is 4.79 Å². The molecule has 4 nitrogen and oxygen atoms in total. The quantitative estimate of drug-likeness (QED) is 0.659. The first kappa shape index (κ1) is 12.2. The first-order chi connectivity index (χ1) is 7.70. The van der Waals surface area contributed by atoms with Crippen molar-refractivity contribution in [2.24, 2.45) is 0 Å². The Bertz CT molecular complexity index is 248. The van der Waals surface area contributed by atoms with E-state index in [0.717, 1.165) is 43.7 Å². The van der Waals surface area contributed by atoms with Crippen molar-refractivity contribution in [1.29, 1.82) is 0 Å². The van der Waals surface area contributed by atoms with E-state index in [1.54, 1.807) is 11.8 Å². The highest BCUT2D eigenvalue weighted by Crippen LogP contribution is 2.28. The first-order valence-corrected chi connectivity index (χ1v) is 7.16. The number of thioether (sulfide) groups is 1. The summed E-state index contributed by atoms with van der Waals surface area (Å²) in [6.07, 6.45) is 3.79. The van der Waals surface area contributed by atoms with E-state index in [4.69, 9.17) is 0 Å². The van der Waals surface area contributed by atoms with Crippen LogP contribution in [0, 0.1) is 0 Å². The topological polar surface area (TPSA) is 61.4 Å². The molecule has 0 bridgehead atoms. The van der Waals surface area contributed by atoms with Crippen molar-refractivity contribution in [1.82, 2.24) is 10.6 Å². The number of hydrogen-bond acceptors (Lipinski definition) is 4. The minimum Gasteiger partial charge on any atom is -0.388 e. The fourth-order valence-corrected chi connectivity index (χ4v) is 3.25. The molecule has 0 spiro atoms. The minimum absolute atomic E-state index is 0.0347. The van der Waals surface area contributed by atoms with Gasteiger partial charge in [-0.1, -0.05) is 12.8 Å². The number of nitrogens with one attached hydrogen (secondary N) is 2. The molecule has 1 saturated heterocycles. The van der Waals surface area contributed by atoms with Crippen molar-refractivity contribution in [3.8, 4) is 0 Å². The van der Waals surface area contributed by atoms with E-state index in [1.165, 1.54) is 0 Å². The lowest BCUT2D eigenvalue weighted by atomic mass is 10.0. The van der Waals surface area contributed by atoms with Crippen LogP contribution in [0.15, 0.2) is 0 Å². The van der Waals surface area contributed by atoms with Gasteiger partial charge < -0.3 is 15.7 Å². The van der Waals surface area contributed by atoms with Crippen LogP contribution < -0.4 is 10.6 Å². The summed E-state index contributed by atoms with van der Waals surface area (Å²) in [6, 6.07) is -0.0799. The lowest BCUT2D eigenvalue weighted by Crippen LogP contribution is -2.52. The summed E-state index contributed by atoms with van der Waals surface area (Å²) in [5, 5.41) is 16.2. The molecule has 1 unspecified atom stereocenters. The molecule has 1 heterocycles. The molecule has 2 rings (SSSR count). The molecule has 0 aromatic carbocycles. The van der Waals surface area contributed by atoms with Crippen LogP contribution in [0.3, 0.4) is 0 Å². The lowest BCUT2D eigenvalue weighted by molar-refractivity contribution is -0.123. The van der Waals surface area contributed by atoms with Crippen molar-refractivity contribution in [2.45, 2.75) is 37.3 Å². The average molecular weight is 244 g/mol. The van der Waals surface area contributed by atoms with Crippen LogP contribution in [0.5, 0.6) is 0 Å². The van der Waals surface area contributed by atoms with E-state index in [2.05, 4.69) is 10.6 Å². The molecular weight excluding hydrogens is 224 g/mol. The molecule has 92 valence electrons. The minimum atomic E-state index is -0.641. The van der Waals surface area contributed by atoms with Crippen LogP contribution in [-0.4, -0.2) is 47.3 Å². The third kappa shape index (κ3) is 3.12. The van der Waals surface area contributed by atoms with Gasteiger partial charge in [0, 0.05) is 24.6 Å². The van der Waals surface area contributed by atoms with Gasteiger partial charge >= 0.3 is 0 Å². The standard InChI is InChI=1S/C11H20N2O2S/c14-10(9-7-16-6-5-12-9)13-8-11(15)3-1-2-4-11/h9,12,15H,1-8H2,(H,13,14). The van der Waals surface area contributed by atoms with Gasteiger partial charge in [-0.2, -0.15) is 11.8 Å². The maximum Gasteiger partial charge on any atom is 0.238 e. The molecule has 1 atom stereocenters. The van der Waals surface area contributed by atoms with E-state index < -0.39 is 5.60 Å². The monoisotopic (exact) mass is 244 g/mol. The Kier molecular flexibility index (Phi) is 4.10. The largest absolute Gasteiger partial charge is 0.388 e. The molecule has 0 aromatic rings. The number of aliphatic hydroxyl groups is 1. The van der Waals surface area contributed by atoms with Crippen LogP contribution >= 0.6 is 11.8 Å². The van der Waals surface area contributed by atoms with Gasteiger partial charge in [0.05, 0.1) is 11.6 Å². The van der Waals surface area contributed by atoms with Crippen molar-refractivity contribution >= 4 is 17.7 Å². The molecule has 0 aromatic heterocycles. The van der Waals surface area contributed by atoms with Crippen molar-refractivity contribution in [3.63, 3.8) is 0 Å². The highest BCUT2D eigenvalue weighted by atomic mass is 32.2. The van der Waals surface area contributed by atoms with E-state index in [1.807, 2.05) is 0 Å². The summed E-state index contributed by atoms with van der Waals surface area (Å²) in [5.41, 5.74) is -0.641. The third-order valence-corrected chi connectivity index (χ3v) is 4.43. The van der Waals surface area contributed by atoms with Gasteiger partial charge in [-0.25, -0.2) is 0 Å². The summed E-state index contributed by atoms with van der Waals surface area (Å²) in [7, 11) is 0. The summed E-state index contributed by atoms with van der Waals surface area (Å²) in [4.78, 5) is 11.8. The SMILES string of the molecule is O=C(NCC1(O)CCCC1)C1CSCCN1. The van der Waals surface area contributed by atoms with Crippen LogP contribution in [0.4, 0.5) is 0 Å². The molecule has 1 amide bonds. The molecule has 2 fully saturated rings. The molecule has 5 heteroatoms. The summed E-state index contributed by atoms with van der Waals surface area (Å²) >= 11 is 1.80. The highest BCUT2D eigenvalue weighted by Gasteiger charge is 2.32. The zero-order chi connectivity index (χ0) is 11.4. The van der Waals surface area contributed by atoms with Gasteiger partial charge in [0.1, 0.15) is 0 Å². The Labute approximate surface area is 101 Å². The molecule has 2 aliphatic rings. The Morgan fingerprint density at radius 2 is 2.25 bits per heavy atom. The zero-order valence-corrected chi connectivity index (χ0v) is 10.3. The second-order valence-corrected chi connectivity index (χ2v) is 5.88. The number of hydrogen-bond donors (Lipinski definition) is 3. The molecular formula is C11H20N2O2S. The van der Waals surface area contributed by atoms with Crippen molar-refractivity contribution < 1.29 is 9.90 Å². The second-order valence-electron chi connectivity index (χ2n) is 4.73. The average Bonchev–Trinajstić information content (AvgIpc) is 2.75. The van der Waals surface area contributed by atoms with Gasteiger partial charge in [0.15, 0.2) is 0 Å². The van der Waals surface area contributed by atoms with Crippen LogP contribution in [0.1, 0.15) is 25.7 Å². The second kappa shape index (κ2) is 5.38. The summed E-state index contributed by atoms with van der Waals surface area (Å²) < 4.78 is 0. The Morgan fingerprint density at radius 3 is 2.88 bits per heavy atom.